The maximum absolute atomic E-state index is 12.7. The minimum Gasteiger partial charge on any atom is -0.429 e. The quantitative estimate of drug-likeness (QED) is 0.647. The van der Waals surface area contributed by atoms with Gasteiger partial charge in [0.15, 0.2) is 0 Å². The zero-order valence-electron chi connectivity index (χ0n) is 7.79. The van der Waals surface area contributed by atoms with Crippen LogP contribution in [0.1, 0.15) is 0 Å². The Kier molecular flexibility index (Phi) is 4.00. The summed E-state index contributed by atoms with van der Waals surface area (Å²) in [6.45, 7) is 0. The Morgan fingerprint density at radius 3 is 2.38 bits per heavy atom. The molecule has 3 nitrogen and oxygen atoms in total. The number of halogens is 4. The molecule has 0 saturated heterocycles. The molecule has 1 aromatic rings. The van der Waals surface area contributed by atoms with Gasteiger partial charge in [-0.25, -0.2) is 4.39 Å². The molecule has 1 unspecified atom stereocenters. The average molecular weight is 254 g/mol. The van der Waals surface area contributed by atoms with E-state index in [1.807, 2.05) is 0 Å². The zero-order chi connectivity index (χ0) is 12.2. The van der Waals surface area contributed by atoms with Gasteiger partial charge >= 0.3 is 6.11 Å². The van der Waals surface area contributed by atoms with Gasteiger partial charge in [0.2, 0.25) is 6.41 Å². The summed E-state index contributed by atoms with van der Waals surface area (Å²) in [6.07, 6.45) is -3.66. The molecule has 0 saturated carbocycles. The van der Waals surface area contributed by atoms with Crippen LogP contribution < -0.4 is 10.1 Å². The van der Waals surface area contributed by atoms with Crippen molar-refractivity contribution >= 4 is 23.7 Å². The molecule has 1 N–H and O–H groups in total. The van der Waals surface area contributed by atoms with E-state index in [1.165, 1.54) is 12.1 Å². The number of ether oxygens (including phenoxy) is 1. The number of carbonyl (C=O) groups is 1. The largest absolute Gasteiger partial charge is 0.444 e. The Hall–Kier alpha value is -1.43. The van der Waals surface area contributed by atoms with Crippen LogP contribution in [0.15, 0.2) is 24.3 Å². The van der Waals surface area contributed by atoms with Crippen molar-refractivity contribution in [1.29, 1.82) is 0 Å². The fourth-order valence-corrected chi connectivity index (χ4v) is 0.933. The maximum atomic E-state index is 12.7. The molecule has 0 spiro atoms. The minimum atomic E-state index is -4.10. The summed E-state index contributed by atoms with van der Waals surface area (Å²) in [4.78, 5) is 10.0. The second kappa shape index (κ2) is 5.07. The Labute approximate surface area is 94.2 Å². The molecule has 1 rings (SSSR count). The van der Waals surface area contributed by atoms with Crippen molar-refractivity contribution in [3.05, 3.63) is 24.3 Å². The Balaban J connectivity index is 2.72. The smallest absolute Gasteiger partial charge is 0.429 e. The molecule has 1 atom stereocenters. The zero-order valence-corrected chi connectivity index (χ0v) is 8.55. The molecule has 0 aliphatic heterocycles. The molecule has 0 fully saturated rings. The average Bonchev–Trinajstić information content (AvgIpc) is 2.21. The summed E-state index contributed by atoms with van der Waals surface area (Å²) in [5, 5.41) is 2.30. The van der Waals surface area contributed by atoms with Crippen LogP contribution in [0.3, 0.4) is 0 Å². The molecule has 0 aliphatic carbocycles. The van der Waals surface area contributed by atoms with Crippen LogP contribution in [0.2, 0.25) is 0 Å². The third-order valence-electron chi connectivity index (χ3n) is 1.59. The lowest BCUT2D eigenvalue weighted by molar-refractivity contribution is -0.199. The predicted molar refractivity (Wildman–Crippen MR) is 52.5 cm³/mol. The van der Waals surface area contributed by atoms with Gasteiger partial charge in [-0.15, -0.1) is 0 Å². The van der Waals surface area contributed by atoms with Gasteiger partial charge in [-0.3, -0.25) is 4.79 Å². The molecule has 1 amide bonds. The van der Waals surface area contributed by atoms with Crippen molar-refractivity contribution in [2.24, 2.45) is 0 Å². The van der Waals surface area contributed by atoms with Crippen LogP contribution in [0.4, 0.5) is 18.9 Å². The lowest BCUT2D eigenvalue weighted by Crippen LogP contribution is -2.32. The van der Waals surface area contributed by atoms with E-state index in [1.54, 1.807) is 0 Å². The summed E-state index contributed by atoms with van der Waals surface area (Å²) in [5.41, 5.74) is -2.53. The summed E-state index contributed by atoms with van der Waals surface area (Å²) in [6, 6.07) is 4.95. The van der Waals surface area contributed by atoms with Crippen LogP contribution in [0.25, 0.3) is 0 Å². The minimum absolute atomic E-state index is 0.259. The van der Waals surface area contributed by atoms with Crippen molar-refractivity contribution in [2.75, 3.05) is 5.32 Å². The van der Waals surface area contributed by atoms with Gasteiger partial charge in [0.1, 0.15) is 5.75 Å². The summed E-state index contributed by atoms with van der Waals surface area (Å²) in [5.74, 6) is -0.259. The molecule has 0 heterocycles. The SMILES string of the molecule is O=CNc1ccc(OC(F)(F)C(F)Cl)cc1. The summed E-state index contributed by atoms with van der Waals surface area (Å²) in [7, 11) is 0. The number of amides is 1. The van der Waals surface area contributed by atoms with Crippen LogP contribution in [0, 0.1) is 0 Å². The van der Waals surface area contributed by atoms with E-state index in [9.17, 15) is 18.0 Å². The molecule has 0 aliphatic rings. The van der Waals surface area contributed by atoms with Gasteiger partial charge < -0.3 is 10.1 Å². The van der Waals surface area contributed by atoms with E-state index >= 15 is 0 Å². The molecule has 1 aromatic carbocycles. The van der Waals surface area contributed by atoms with Gasteiger partial charge in [0, 0.05) is 5.69 Å². The molecule has 16 heavy (non-hydrogen) atoms. The Bertz CT molecular complexity index is 356. The van der Waals surface area contributed by atoms with Gasteiger partial charge in [0.05, 0.1) is 0 Å². The number of anilines is 1. The highest BCUT2D eigenvalue weighted by atomic mass is 35.5. The molecule has 88 valence electrons. The monoisotopic (exact) mass is 253 g/mol. The highest BCUT2D eigenvalue weighted by Gasteiger charge is 2.42. The van der Waals surface area contributed by atoms with Crippen LogP contribution in [-0.2, 0) is 4.79 Å². The lowest BCUT2D eigenvalue weighted by atomic mass is 10.3. The lowest BCUT2D eigenvalue weighted by Gasteiger charge is -2.17. The molecular weight excluding hydrogens is 247 g/mol. The second-order valence-electron chi connectivity index (χ2n) is 2.75. The van der Waals surface area contributed by atoms with Gasteiger partial charge in [-0.05, 0) is 24.3 Å². The molecule has 7 heteroatoms. The maximum Gasteiger partial charge on any atom is 0.444 e. The third kappa shape index (κ3) is 3.30. The Morgan fingerprint density at radius 1 is 1.38 bits per heavy atom. The van der Waals surface area contributed by atoms with Crippen molar-refractivity contribution in [1.82, 2.24) is 0 Å². The van der Waals surface area contributed by atoms with E-state index in [0.717, 1.165) is 12.1 Å². The number of benzene rings is 1. The normalized spacial score (nSPS) is 13.0. The highest BCUT2D eigenvalue weighted by Crippen LogP contribution is 2.29. The van der Waals surface area contributed by atoms with E-state index in [-0.39, 0.29) is 5.75 Å². The van der Waals surface area contributed by atoms with Gasteiger partial charge in [0.25, 0.3) is 5.63 Å². The fourth-order valence-electron chi connectivity index (χ4n) is 0.889. The number of hydrogen-bond acceptors (Lipinski definition) is 2. The van der Waals surface area contributed by atoms with Crippen LogP contribution in [-0.4, -0.2) is 18.1 Å². The summed E-state index contributed by atoms with van der Waals surface area (Å²) < 4.78 is 41.6. The Morgan fingerprint density at radius 2 is 1.94 bits per heavy atom. The first kappa shape index (κ1) is 12.6. The van der Waals surface area contributed by atoms with Crippen molar-refractivity contribution in [2.45, 2.75) is 11.7 Å². The molecule has 0 aromatic heterocycles. The first-order valence-corrected chi connectivity index (χ1v) is 4.54. The third-order valence-corrected chi connectivity index (χ3v) is 1.84. The number of carbonyl (C=O) groups excluding carboxylic acids is 1. The highest BCUT2D eigenvalue weighted by molar-refractivity contribution is 6.20. The van der Waals surface area contributed by atoms with Crippen LogP contribution in [0.5, 0.6) is 5.75 Å². The number of hydrogen-bond donors (Lipinski definition) is 1. The van der Waals surface area contributed by atoms with E-state index < -0.39 is 11.7 Å². The van der Waals surface area contributed by atoms with Crippen molar-refractivity contribution in [3.8, 4) is 5.75 Å². The van der Waals surface area contributed by atoms with Gasteiger partial charge in [-0.1, -0.05) is 11.6 Å². The standard InChI is InChI=1S/C9H7ClF3NO2/c10-8(11)9(12,13)16-7-3-1-6(2-4-7)14-5-15/h1-5,8H,(H,14,15). The fraction of sp³-hybridized carbons (Fsp3) is 0.222. The molecule has 0 radical (unpaired) electrons. The number of alkyl halides is 4. The first-order valence-electron chi connectivity index (χ1n) is 4.11. The van der Waals surface area contributed by atoms with Crippen molar-refractivity contribution < 1.29 is 22.7 Å². The van der Waals surface area contributed by atoms with Gasteiger partial charge in [-0.2, -0.15) is 8.78 Å². The molecular formula is C9H7ClF3NO2. The van der Waals surface area contributed by atoms with E-state index in [2.05, 4.69) is 21.7 Å². The number of nitrogens with one attached hydrogen (secondary N) is 1. The second-order valence-corrected chi connectivity index (χ2v) is 3.13. The van der Waals surface area contributed by atoms with E-state index in [0.29, 0.717) is 12.1 Å². The molecule has 0 bridgehead atoms. The predicted octanol–water partition coefficient (Wildman–Crippen LogP) is 2.76. The topological polar surface area (TPSA) is 38.3 Å². The van der Waals surface area contributed by atoms with Crippen molar-refractivity contribution in [3.63, 3.8) is 0 Å². The van der Waals surface area contributed by atoms with Crippen LogP contribution >= 0.6 is 11.6 Å². The summed E-state index contributed by atoms with van der Waals surface area (Å²) >= 11 is 4.60. The number of rotatable bonds is 5. The first-order chi connectivity index (χ1) is 7.45. The van der Waals surface area contributed by atoms with E-state index in [4.69, 9.17) is 0 Å².